The van der Waals surface area contributed by atoms with E-state index in [2.05, 4.69) is 0 Å². The summed E-state index contributed by atoms with van der Waals surface area (Å²) in [7, 11) is -2.15. The fourth-order valence-corrected chi connectivity index (χ4v) is 4.86. The lowest BCUT2D eigenvalue weighted by Crippen LogP contribution is -2.37. The van der Waals surface area contributed by atoms with Gasteiger partial charge in [-0.2, -0.15) is 4.31 Å². The van der Waals surface area contributed by atoms with E-state index < -0.39 is 21.7 Å². The summed E-state index contributed by atoms with van der Waals surface area (Å²) in [6.07, 6.45) is 0.481. The Labute approximate surface area is 164 Å². The van der Waals surface area contributed by atoms with Crippen LogP contribution in [0.5, 0.6) is 5.75 Å². The number of halogens is 1. The molecule has 0 radical (unpaired) electrons. The fourth-order valence-electron chi connectivity index (χ4n) is 3.30. The van der Waals surface area contributed by atoms with Crippen molar-refractivity contribution >= 4 is 15.9 Å². The molecule has 2 aromatic rings. The van der Waals surface area contributed by atoms with Gasteiger partial charge in [0.25, 0.3) is 5.91 Å². The second-order valence-corrected chi connectivity index (χ2v) is 8.60. The van der Waals surface area contributed by atoms with Gasteiger partial charge in [-0.15, -0.1) is 0 Å². The Morgan fingerprint density at radius 2 is 1.82 bits per heavy atom. The molecule has 0 aromatic heterocycles. The molecule has 1 aliphatic rings. The maximum Gasteiger partial charge on any atom is 0.256 e. The molecule has 0 unspecified atom stereocenters. The van der Waals surface area contributed by atoms with E-state index in [1.807, 2.05) is 0 Å². The van der Waals surface area contributed by atoms with Gasteiger partial charge in [0.05, 0.1) is 17.6 Å². The van der Waals surface area contributed by atoms with Crippen molar-refractivity contribution in [1.82, 2.24) is 9.21 Å². The van der Waals surface area contributed by atoms with Gasteiger partial charge in [0, 0.05) is 26.2 Å². The second kappa shape index (κ2) is 8.28. The molecule has 1 fully saturated rings. The van der Waals surface area contributed by atoms with Gasteiger partial charge in [-0.1, -0.05) is 12.1 Å². The van der Waals surface area contributed by atoms with Gasteiger partial charge in [-0.05, 0) is 49.2 Å². The molecular formula is C20H23FN2O4S. The van der Waals surface area contributed by atoms with E-state index in [0.717, 1.165) is 5.56 Å². The first-order valence-corrected chi connectivity index (χ1v) is 10.5. The third-order valence-electron chi connectivity index (χ3n) is 4.85. The Hall–Kier alpha value is -2.45. The number of carbonyl (C=O) groups is 1. The Bertz CT molecular complexity index is 978. The minimum Gasteiger partial charge on any atom is -0.496 e. The van der Waals surface area contributed by atoms with E-state index in [0.29, 0.717) is 25.3 Å². The molecule has 0 N–H and O–H groups in total. The number of hydrogen-bond donors (Lipinski definition) is 0. The van der Waals surface area contributed by atoms with Crippen LogP contribution in [0.4, 0.5) is 4.39 Å². The van der Waals surface area contributed by atoms with Crippen LogP contribution >= 0.6 is 0 Å². The normalized spacial score (nSPS) is 15.9. The predicted molar refractivity (Wildman–Crippen MR) is 103 cm³/mol. The van der Waals surface area contributed by atoms with Gasteiger partial charge >= 0.3 is 0 Å². The van der Waals surface area contributed by atoms with Crippen molar-refractivity contribution in [2.75, 3.05) is 33.3 Å². The molecule has 0 saturated carbocycles. The lowest BCUT2D eigenvalue weighted by Gasteiger charge is -2.22. The monoisotopic (exact) mass is 406 g/mol. The van der Waals surface area contributed by atoms with Gasteiger partial charge < -0.3 is 9.64 Å². The zero-order valence-electron chi connectivity index (χ0n) is 15.9. The molecule has 1 aliphatic heterocycles. The minimum absolute atomic E-state index is 0.00425. The Balaban J connectivity index is 1.77. The Kier molecular flexibility index (Phi) is 6.00. The van der Waals surface area contributed by atoms with Crippen molar-refractivity contribution in [3.05, 3.63) is 59.4 Å². The van der Waals surface area contributed by atoms with Gasteiger partial charge in [-0.25, -0.2) is 12.8 Å². The number of aryl methyl sites for hydroxylation is 1. The molecular weight excluding hydrogens is 383 g/mol. The fraction of sp³-hybridized carbons (Fsp3) is 0.350. The largest absolute Gasteiger partial charge is 0.496 e. The summed E-state index contributed by atoms with van der Waals surface area (Å²) in [5.41, 5.74) is 0.736. The van der Waals surface area contributed by atoms with Crippen LogP contribution in [0, 0.1) is 12.7 Å². The highest BCUT2D eigenvalue weighted by Crippen LogP contribution is 2.24. The molecule has 8 heteroatoms. The SMILES string of the molecule is COc1ccc(S(=O)(=O)N2CCCN(C(=O)c3ccccc3F)CC2)cc1C. The van der Waals surface area contributed by atoms with Crippen LogP contribution in [0.15, 0.2) is 47.4 Å². The zero-order valence-corrected chi connectivity index (χ0v) is 16.7. The van der Waals surface area contributed by atoms with Crippen LogP contribution in [0.3, 0.4) is 0 Å². The first kappa shape index (κ1) is 20.3. The van der Waals surface area contributed by atoms with Crippen molar-refractivity contribution in [3.63, 3.8) is 0 Å². The molecule has 3 rings (SSSR count). The maximum atomic E-state index is 13.9. The van der Waals surface area contributed by atoms with Gasteiger partial charge in [0.1, 0.15) is 11.6 Å². The molecule has 2 aromatic carbocycles. The van der Waals surface area contributed by atoms with Crippen LogP contribution in [0.25, 0.3) is 0 Å². The summed E-state index contributed by atoms with van der Waals surface area (Å²) in [6.45, 7) is 2.83. The quantitative estimate of drug-likeness (QED) is 0.783. The summed E-state index contributed by atoms with van der Waals surface area (Å²) < 4.78 is 46.5. The first-order chi connectivity index (χ1) is 13.3. The topological polar surface area (TPSA) is 66.9 Å². The standard InChI is InChI=1S/C20H23FN2O4S/c1-15-14-16(8-9-19(15)27-2)28(25,26)23-11-5-10-22(12-13-23)20(24)17-6-3-4-7-18(17)21/h3-4,6-9,14H,5,10-13H2,1-2H3. The summed E-state index contributed by atoms with van der Waals surface area (Å²) in [5, 5.41) is 0. The van der Waals surface area contributed by atoms with Crippen molar-refractivity contribution in [2.24, 2.45) is 0 Å². The highest BCUT2D eigenvalue weighted by molar-refractivity contribution is 7.89. The van der Waals surface area contributed by atoms with Gasteiger partial charge in [-0.3, -0.25) is 4.79 Å². The van der Waals surface area contributed by atoms with Crippen LogP contribution in [0.2, 0.25) is 0 Å². The number of carbonyl (C=O) groups excluding carboxylic acids is 1. The maximum absolute atomic E-state index is 13.9. The first-order valence-electron chi connectivity index (χ1n) is 9.03. The molecule has 0 spiro atoms. The van der Waals surface area contributed by atoms with E-state index in [9.17, 15) is 17.6 Å². The number of sulfonamides is 1. The van der Waals surface area contributed by atoms with Crippen LogP contribution in [-0.4, -0.2) is 56.8 Å². The number of methoxy groups -OCH3 is 1. The lowest BCUT2D eigenvalue weighted by molar-refractivity contribution is 0.0759. The van der Waals surface area contributed by atoms with Gasteiger partial charge in [0.15, 0.2) is 0 Å². The molecule has 0 bridgehead atoms. The Morgan fingerprint density at radius 1 is 1.07 bits per heavy atom. The van der Waals surface area contributed by atoms with Crippen LogP contribution in [-0.2, 0) is 10.0 Å². The molecule has 150 valence electrons. The lowest BCUT2D eigenvalue weighted by atomic mass is 10.2. The number of benzene rings is 2. The highest BCUT2D eigenvalue weighted by atomic mass is 32.2. The third kappa shape index (κ3) is 4.02. The zero-order chi connectivity index (χ0) is 20.3. The second-order valence-electron chi connectivity index (χ2n) is 6.66. The molecule has 0 atom stereocenters. The number of amides is 1. The van der Waals surface area contributed by atoms with E-state index in [1.165, 1.54) is 40.6 Å². The summed E-state index contributed by atoms with van der Waals surface area (Å²) in [5.74, 6) is -0.371. The minimum atomic E-state index is -3.69. The number of nitrogens with zero attached hydrogens (tertiary/aromatic N) is 2. The average Bonchev–Trinajstić information content (AvgIpc) is 2.94. The highest BCUT2D eigenvalue weighted by Gasteiger charge is 2.29. The molecule has 28 heavy (non-hydrogen) atoms. The predicted octanol–water partition coefficient (Wildman–Crippen LogP) is 2.68. The summed E-state index contributed by atoms with van der Waals surface area (Å²) >= 11 is 0. The number of hydrogen-bond acceptors (Lipinski definition) is 4. The third-order valence-corrected chi connectivity index (χ3v) is 6.75. The summed E-state index contributed by atoms with van der Waals surface area (Å²) in [4.78, 5) is 14.3. The number of ether oxygens (including phenoxy) is 1. The molecule has 6 nitrogen and oxygen atoms in total. The molecule has 1 heterocycles. The molecule has 1 saturated heterocycles. The van der Waals surface area contributed by atoms with Gasteiger partial charge in [0.2, 0.25) is 10.0 Å². The smallest absolute Gasteiger partial charge is 0.256 e. The van der Waals surface area contributed by atoms with Crippen molar-refractivity contribution in [2.45, 2.75) is 18.2 Å². The van der Waals surface area contributed by atoms with E-state index >= 15 is 0 Å². The molecule has 0 aliphatic carbocycles. The summed E-state index contributed by atoms with van der Waals surface area (Å²) in [6, 6.07) is 10.6. The average molecular weight is 406 g/mol. The van der Waals surface area contributed by atoms with E-state index in [4.69, 9.17) is 4.74 Å². The Morgan fingerprint density at radius 3 is 2.50 bits per heavy atom. The van der Waals surface area contributed by atoms with Crippen LogP contribution in [0.1, 0.15) is 22.3 Å². The van der Waals surface area contributed by atoms with Crippen molar-refractivity contribution < 1.29 is 22.3 Å². The van der Waals surface area contributed by atoms with Crippen molar-refractivity contribution in [1.29, 1.82) is 0 Å². The van der Waals surface area contributed by atoms with Crippen LogP contribution < -0.4 is 4.74 Å². The molecule has 1 amide bonds. The van der Waals surface area contributed by atoms with E-state index in [1.54, 1.807) is 25.1 Å². The number of rotatable bonds is 4. The van der Waals surface area contributed by atoms with Crippen molar-refractivity contribution in [3.8, 4) is 5.75 Å². The van der Waals surface area contributed by atoms with E-state index in [-0.39, 0.29) is 23.5 Å².